The number of carbonyl (C=O) groups is 2. The number of aromatic amines is 1. The number of fused-ring (bicyclic) bond motifs is 1. The third-order valence-electron chi connectivity index (χ3n) is 6.12. The topological polar surface area (TPSA) is 124 Å². The van der Waals surface area contributed by atoms with E-state index < -0.39 is 11.5 Å². The van der Waals surface area contributed by atoms with Crippen molar-refractivity contribution < 1.29 is 23.8 Å². The van der Waals surface area contributed by atoms with Crippen LogP contribution in [0.3, 0.4) is 0 Å². The van der Waals surface area contributed by atoms with Crippen LogP contribution in [0.4, 0.5) is 4.79 Å². The highest BCUT2D eigenvalue weighted by molar-refractivity contribution is 5.98. The molecule has 3 heterocycles. The SMILES string of the molecule is COc1ccccc1Oc1ccc(-c2nc3c(C4CN(C(=O)OC(C)(C)C)C4)c[nH]n3c2C(N)=O)cc1. The molecule has 1 aliphatic rings. The molecule has 0 radical (unpaired) electrons. The number of hydrogen-bond donors (Lipinski definition) is 2. The monoisotopic (exact) mass is 503 g/mol. The lowest BCUT2D eigenvalue weighted by Crippen LogP contribution is -2.50. The molecule has 0 saturated carbocycles. The molecule has 1 aliphatic heterocycles. The molecule has 10 heteroatoms. The van der Waals surface area contributed by atoms with Gasteiger partial charge in [0.25, 0.3) is 5.91 Å². The molecular weight excluding hydrogens is 474 g/mol. The van der Waals surface area contributed by atoms with Crippen LogP contribution in [0.5, 0.6) is 17.2 Å². The largest absolute Gasteiger partial charge is 0.493 e. The number of aromatic nitrogens is 3. The predicted octanol–water partition coefficient (Wildman–Crippen LogP) is 4.56. The van der Waals surface area contributed by atoms with Gasteiger partial charge in [-0.25, -0.2) is 14.3 Å². The van der Waals surface area contributed by atoms with Gasteiger partial charge in [0.1, 0.15) is 17.0 Å². The van der Waals surface area contributed by atoms with Crippen molar-refractivity contribution in [2.75, 3.05) is 20.2 Å². The van der Waals surface area contributed by atoms with Gasteiger partial charge < -0.3 is 24.8 Å². The van der Waals surface area contributed by atoms with E-state index in [0.717, 1.165) is 5.56 Å². The van der Waals surface area contributed by atoms with Gasteiger partial charge in [0, 0.05) is 36.3 Å². The molecule has 0 unspecified atom stereocenters. The minimum atomic E-state index is -0.603. The van der Waals surface area contributed by atoms with Gasteiger partial charge in [-0.3, -0.25) is 9.89 Å². The average Bonchev–Trinajstić information content (AvgIpc) is 3.38. The molecule has 1 saturated heterocycles. The summed E-state index contributed by atoms with van der Waals surface area (Å²) in [5.41, 5.74) is 8.15. The molecule has 2 aromatic heterocycles. The Balaban J connectivity index is 1.39. The van der Waals surface area contributed by atoms with Gasteiger partial charge in [0.2, 0.25) is 0 Å². The predicted molar refractivity (Wildman–Crippen MR) is 137 cm³/mol. The molecule has 0 bridgehead atoms. The molecule has 3 N–H and O–H groups in total. The molecule has 5 rings (SSSR count). The summed E-state index contributed by atoms with van der Waals surface area (Å²) in [5, 5.41) is 3.10. The quantitative estimate of drug-likeness (QED) is 0.397. The summed E-state index contributed by atoms with van der Waals surface area (Å²) in [6.45, 7) is 6.53. The molecule has 0 spiro atoms. The first kappa shape index (κ1) is 24.2. The summed E-state index contributed by atoms with van der Waals surface area (Å²) in [7, 11) is 1.59. The highest BCUT2D eigenvalue weighted by Crippen LogP contribution is 2.35. The number of nitrogens with zero attached hydrogens (tertiary/aromatic N) is 3. The molecule has 2 amide bonds. The maximum atomic E-state index is 12.4. The number of benzene rings is 2. The molecule has 192 valence electrons. The van der Waals surface area contributed by atoms with Gasteiger partial charge in [0.05, 0.1) is 7.11 Å². The maximum absolute atomic E-state index is 12.4. The zero-order valence-electron chi connectivity index (χ0n) is 21.1. The van der Waals surface area contributed by atoms with Crippen LogP contribution in [0, 0.1) is 0 Å². The molecule has 0 aliphatic carbocycles. The van der Waals surface area contributed by atoms with Crippen molar-refractivity contribution in [1.82, 2.24) is 19.5 Å². The average molecular weight is 504 g/mol. The second-order valence-electron chi connectivity index (χ2n) is 9.92. The van der Waals surface area contributed by atoms with Crippen LogP contribution in [-0.2, 0) is 4.74 Å². The Morgan fingerprint density at radius 1 is 1.05 bits per heavy atom. The first-order valence-corrected chi connectivity index (χ1v) is 11.9. The van der Waals surface area contributed by atoms with E-state index >= 15 is 0 Å². The number of ether oxygens (including phenoxy) is 3. The number of imidazole rings is 1. The summed E-state index contributed by atoms with van der Waals surface area (Å²) < 4.78 is 18.3. The second-order valence-corrected chi connectivity index (χ2v) is 9.92. The van der Waals surface area contributed by atoms with E-state index in [2.05, 4.69) is 5.10 Å². The van der Waals surface area contributed by atoms with Crippen LogP contribution in [0.25, 0.3) is 16.9 Å². The lowest BCUT2D eigenvalue weighted by Gasteiger charge is -2.39. The Kier molecular flexibility index (Phi) is 6.02. The Bertz CT molecular complexity index is 1460. The van der Waals surface area contributed by atoms with Crippen LogP contribution >= 0.6 is 0 Å². The van der Waals surface area contributed by atoms with Crippen molar-refractivity contribution in [1.29, 1.82) is 0 Å². The minimum absolute atomic E-state index is 0.0638. The molecule has 1 fully saturated rings. The molecule has 37 heavy (non-hydrogen) atoms. The molecule has 0 atom stereocenters. The fourth-order valence-electron chi connectivity index (χ4n) is 4.33. The Morgan fingerprint density at radius 3 is 2.35 bits per heavy atom. The summed E-state index contributed by atoms with van der Waals surface area (Å²) in [5.74, 6) is 1.29. The summed E-state index contributed by atoms with van der Waals surface area (Å²) in [6, 6.07) is 14.6. The highest BCUT2D eigenvalue weighted by Gasteiger charge is 2.37. The number of rotatable bonds is 6. The number of primary amides is 1. The first-order chi connectivity index (χ1) is 17.6. The smallest absolute Gasteiger partial charge is 0.410 e. The zero-order valence-corrected chi connectivity index (χ0v) is 21.1. The lowest BCUT2D eigenvalue weighted by atomic mass is 9.94. The van der Waals surface area contributed by atoms with Gasteiger partial charge in [0.15, 0.2) is 22.8 Å². The van der Waals surface area contributed by atoms with E-state index in [1.165, 1.54) is 0 Å². The molecule has 10 nitrogen and oxygen atoms in total. The number of H-pyrrole nitrogens is 1. The number of likely N-dealkylation sites (tertiary alicyclic amines) is 1. The van der Waals surface area contributed by atoms with Crippen molar-refractivity contribution in [3.8, 4) is 28.5 Å². The highest BCUT2D eigenvalue weighted by atomic mass is 16.6. The van der Waals surface area contributed by atoms with Gasteiger partial charge in [-0.15, -0.1) is 0 Å². The summed E-state index contributed by atoms with van der Waals surface area (Å²) in [4.78, 5) is 31.2. The van der Waals surface area contributed by atoms with Crippen molar-refractivity contribution >= 4 is 17.6 Å². The Morgan fingerprint density at radius 2 is 1.73 bits per heavy atom. The van der Waals surface area contributed by atoms with E-state index in [1.54, 1.807) is 34.9 Å². The standard InChI is InChI=1S/C27H29N5O5/c1-27(2,3)37-26(34)31-14-17(15-31)19-13-29-32-23(24(28)33)22(30-25(19)32)16-9-11-18(12-10-16)36-21-8-6-5-7-20(21)35-4/h5-13,17,29H,14-15H2,1-4H3,(H2,28,33). The van der Waals surface area contributed by atoms with Gasteiger partial charge in [-0.1, -0.05) is 12.1 Å². The van der Waals surface area contributed by atoms with E-state index in [-0.39, 0.29) is 17.7 Å². The van der Waals surface area contributed by atoms with Crippen LogP contribution in [0.1, 0.15) is 42.7 Å². The summed E-state index contributed by atoms with van der Waals surface area (Å²) in [6.07, 6.45) is 1.47. The molecule has 2 aromatic carbocycles. The van der Waals surface area contributed by atoms with Gasteiger partial charge >= 0.3 is 6.09 Å². The molecule has 4 aromatic rings. The first-order valence-electron chi connectivity index (χ1n) is 11.9. The van der Waals surface area contributed by atoms with Crippen molar-refractivity contribution in [2.24, 2.45) is 5.73 Å². The number of para-hydroxylation sites is 2. The van der Waals surface area contributed by atoms with E-state index in [0.29, 0.717) is 47.2 Å². The fourth-order valence-corrected chi connectivity index (χ4v) is 4.33. The number of nitrogens with two attached hydrogens (primary N) is 1. The van der Waals surface area contributed by atoms with E-state index in [1.807, 2.05) is 57.2 Å². The maximum Gasteiger partial charge on any atom is 0.410 e. The molecular formula is C27H29N5O5. The number of hydrogen-bond acceptors (Lipinski definition) is 6. The van der Waals surface area contributed by atoms with Crippen LogP contribution < -0.4 is 15.2 Å². The van der Waals surface area contributed by atoms with Crippen molar-refractivity contribution in [3.63, 3.8) is 0 Å². The van der Waals surface area contributed by atoms with E-state index in [4.69, 9.17) is 24.9 Å². The third-order valence-corrected chi connectivity index (χ3v) is 6.12. The van der Waals surface area contributed by atoms with Crippen molar-refractivity contribution in [2.45, 2.75) is 32.3 Å². The van der Waals surface area contributed by atoms with Crippen LogP contribution in [0.15, 0.2) is 54.7 Å². The lowest BCUT2D eigenvalue weighted by molar-refractivity contribution is 0.00827. The van der Waals surface area contributed by atoms with E-state index in [9.17, 15) is 9.59 Å². The van der Waals surface area contributed by atoms with Crippen LogP contribution in [0.2, 0.25) is 0 Å². The summed E-state index contributed by atoms with van der Waals surface area (Å²) >= 11 is 0. The minimum Gasteiger partial charge on any atom is -0.493 e. The zero-order chi connectivity index (χ0) is 26.3. The fraction of sp³-hybridized carbons (Fsp3) is 0.296. The van der Waals surface area contributed by atoms with Crippen LogP contribution in [-0.4, -0.2) is 57.3 Å². The normalized spacial score (nSPS) is 13.9. The van der Waals surface area contributed by atoms with Gasteiger partial charge in [-0.2, -0.15) is 0 Å². The number of carbonyl (C=O) groups excluding carboxylic acids is 2. The number of nitrogens with one attached hydrogen (secondary N) is 1. The van der Waals surface area contributed by atoms with Crippen molar-refractivity contribution in [3.05, 3.63) is 66.0 Å². The number of methoxy groups -OCH3 is 1. The Hall–Kier alpha value is -4.47. The Labute approximate surface area is 213 Å². The number of amides is 2. The third kappa shape index (κ3) is 4.69. The second kappa shape index (κ2) is 9.20. The van der Waals surface area contributed by atoms with Gasteiger partial charge in [-0.05, 0) is 57.2 Å².